The highest BCUT2D eigenvalue weighted by Crippen LogP contribution is 2.39. The molecule has 0 amide bonds. The molecule has 21 aliphatic heterocycles. The summed E-state index contributed by atoms with van der Waals surface area (Å²) in [6, 6.07) is 0. The van der Waals surface area contributed by atoms with E-state index >= 15 is 0 Å². The third kappa shape index (κ3) is 12.1. The summed E-state index contributed by atoms with van der Waals surface area (Å²) < 4.78 is 82.0. The van der Waals surface area contributed by atoms with Crippen molar-refractivity contribution >= 4 is 0 Å². The van der Waals surface area contributed by atoms with Crippen molar-refractivity contribution in [3.8, 4) is 0 Å². The summed E-state index contributed by atoms with van der Waals surface area (Å²) >= 11 is 0. The second-order valence-electron chi connectivity index (χ2n) is 20.3. The second-order valence-corrected chi connectivity index (χ2v) is 20.3. The second kappa shape index (κ2) is 26.1. The van der Waals surface area contributed by atoms with Crippen LogP contribution in [0.25, 0.3) is 0 Å². The number of rotatable bonds is 7. The molecule has 0 aromatic heterocycles. The maximum Gasteiger partial charge on any atom is 0.187 e. The van der Waals surface area contributed by atoms with Crippen LogP contribution in [0.1, 0.15) is 40.0 Å². The number of aliphatic hydroxyl groups is 18. The molecule has 448 valence electrons. The Hall–Kier alpha value is -1.28. The summed E-state index contributed by atoms with van der Waals surface area (Å²) in [6.45, 7) is 0.853. The van der Waals surface area contributed by atoms with Crippen LogP contribution in [0.5, 0.6) is 0 Å². The van der Waals surface area contributed by atoms with Crippen molar-refractivity contribution in [3.05, 3.63) is 0 Å². The molecule has 0 aromatic carbocycles. The first-order valence-corrected chi connectivity index (χ1v) is 25.8. The van der Waals surface area contributed by atoms with E-state index in [2.05, 4.69) is 0 Å². The van der Waals surface area contributed by atoms with Crippen LogP contribution in [-0.4, -0.2) is 333 Å². The Balaban J connectivity index is 1.08. The standard InChI is InChI=1S/C45H76O32/c1-4-11-32-18(50)25(57)39(64-11)72-33-12(5-2)66-41(27(59)20(33)52)74-35-14(7-46)68-43(29(61)22(35)54)76-37-16(9-48)70-45(31(63)24(37)56)77-38-17(10-49)69-44(30(62)23(38)55)75-36-15(8-47)67-42(28(60)21(36)53)73-34-13(6-3)65-40(71-32)26(58)19(34)51/h11-63H,4-10H2,1-3H3/t11-,12-,13-,14-,15-,16-,17-,18-,19-,20-,21-,22-,23-,24-,25-,26-,27-,28-,29-,30-,31-,32-,33-,34-,35-,36-,37-,38-,39-,40-,41-,42-,43-,44-,45-/m1/s1. The zero-order chi connectivity index (χ0) is 56.1. The zero-order valence-corrected chi connectivity index (χ0v) is 41.9. The molecule has 35 atom stereocenters. The maximum absolute atomic E-state index is 11.5. The number of hydrogen-bond donors (Lipinski definition) is 18. The molecule has 32 nitrogen and oxygen atoms in total. The molecule has 32 heteroatoms. The van der Waals surface area contributed by atoms with Gasteiger partial charge in [-0.3, -0.25) is 0 Å². The van der Waals surface area contributed by atoms with E-state index in [-0.39, 0.29) is 19.3 Å². The quantitative estimate of drug-likeness (QED) is 0.113. The lowest BCUT2D eigenvalue weighted by atomic mass is 9.93. The first-order chi connectivity index (χ1) is 36.7. The van der Waals surface area contributed by atoms with Crippen molar-refractivity contribution in [1.82, 2.24) is 0 Å². The Morgan fingerprint density at radius 2 is 0.325 bits per heavy atom. The van der Waals surface area contributed by atoms with E-state index in [0.29, 0.717) is 0 Å². The number of hydrogen-bond acceptors (Lipinski definition) is 32. The molecule has 0 unspecified atom stereocenters. The molecule has 21 saturated heterocycles. The monoisotopic (exact) mass is 1130 g/mol. The number of aliphatic hydroxyl groups excluding tert-OH is 18. The largest absolute Gasteiger partial charge is 0.394 e. The van der Waals surface area contributed by atoms with Gasteiger partial charge in [0.1, 0.15) is 153 Å². The smallest absolute Gasteiger partial charge is 0.187 e. The highest BCUT2D eigenvalue weighted by Gasteiger charge is 2.59. The van der Waals surface area contributed by atoms with Crippen LogP contribution in [0.15, 0.2) is 0 Å². The van der Waals surface area contributed by atoms with Crippen molar-refractivity contribution in [1.29, 1.82) is 0 Å². The Morgan fingerprint density at radius 3 is 0.455 bits per heavy atom. The van der Waals surface area contributed by atoms with Crippen molar-refractivity contribution in [2.75, 3.05) is 26.4 Å². The molecule has 14 bridgehead atoms. The van der Waals surface area contributed by atoms with E-state index in [1.165, 1.54) is 0 Å². The van der Waals surface area contributed by atoms with Crippen molar-refractivity contribution in [2.45, 2.75) is 255 Å². The fourth-order valence-corrected chi connectivity index (χ4v) is 11.0. The predicted molar refractivity (Wildman–Crippen MR) is 238 cm³/mol. The first kappa shape index (κ1) is 61.8. The third-order valence-electron chi connectivity index (χ3n) is 15.5. The molecule has 21 rings (SSSR count). The molecule has 0 aliphatic carbocycles. The van der Waals surface area contributed by atoms with E-state index < -0.39 is 241 Å². The average molecular weight is 1130 g/mol. The summed E-state index contributed by atoms with van der Waals surface area (Å²) in [5.74, 6) is 0. The number of ether oxygens (including phenoxy) is 14. The van der Waals surface area contributed by atoms with Gasteiger partial charge in [-0.1, -0.05) is 20.8 Å². The van der Waals surface area contributed by atoms with E-state index in [1.54, 1.807) is 20.8 Å². The van der Waals surface area contributed by atoms with E-state index in [9.17, 15) is 91.9 Å². The third-order valence-corrected chi connectivity index (χ3v) is 15.5. The molecule has 21 aliphatic rings. The fourth-order valence-electron chi connectivity index (χ4n) is 11.0. The minimum Gasteiger partial charge on any atom is -0.394 e. The van der Waals surface area contributed by atoms with E-state index in [1.807, 2.05) is 0 Å². The first-order valence-electron chi connectivity index (χ1n) is 25.8. The van der Waals surface area contributed by atoms with Gasteiger partial charge in [0.15, 0.2) is 44.0 Å². The Bertz CT molecular complexity index is 1470. The minimum atomic E-state index is -2.16. The predicted octanol–water partition coefficient (Wildman–Crippen LogP) is -11.0. The van der Waals surface area contributed by atoms with Gasteiger partial charge in [0, 0.05) is 0 Å². The molecule has 0 saturated carbocycles. The Kier molecular flexibility index (Phi) is 20.9. The van der Waals surface area contributed by atoms with Crippen molar-refractivity contribution in [3.63, 3.8) is 0 Å². The molecule has 0 aromatic rings. The Labute approximate surface area is 439 Å². The normalized spacial score (nSPS) is 55.4. The van der Waals surface area contributed by atoms with Crippen LogP contribution in [0, 0.1) is 0 Å². The van der Waals surface area contributed by atoms with Gasteiger partial charge in [-0.05, 0) is 19.3 Å². The van der Waals surface area contributed by atoms with Crippen LogP contribution >= 0.6 is 0 Å². The average Bonchev–Trinajstić information content (AvgIpc) is 3.45. The maximum atomic E-state index is 11.5. The lowest BCUT2D eigenvalue weighted by Crippen LogP contribution is -2.68. The van der Waals surface area contributed by atoms with Crippen molar-refractivity contribution < 1.29 is 158 Å². The van der Waals surface area contributed by atoms with Crippen LogP contribution in [-0.2, 0) is 66.3 Å². The summed E-state index contributed by atoms with van der Waals surface area (Å²) in [5, 5.41) is 201. The van der Waals surface area contributed by atoms with Gasteiger partial charge in [0.05, 0.1) is 44.7 Å². The fraction of sp³-hybridized carbons (Fsp3) is 1.00. The minimum absolute atomic E-state index is 0.0230. The van der Waals surface area contributed by atoms with Crippen LogP contribution < -0.4 is 0 Å². The molecule has 77 heavy (non-hydrogen) atoms. The molecule has 0 radical (unpaired) electrons. The molecule has 21 fully saturated rings. The lowest BCUT2D eigenvalue weighted by Gasteiger charge is -2.50. The summed E-state index contributed by atoms with van der Waals surface area (Å²) in [5.41, 5.74) is 0. The van der Waals surface area contributed by atoms with Gasteiger partial charge in [-0.25, -0.2) is 0 Å². The van der Waals surface area contributed by atoms with E-state index in [0.717, 1.165) is 0 Å². The molecule has 21 heterocycles. The molecule has 0 spiro atoms. The lowest BCUT2D eigenvalue weighted by molar-refractivity contribution is -0.396. The van der Waals surface area contributed by atoms with Crippen molar-refractivity contribution in [2.24, 2.45) is 0 Å². The van der Waals surface area contributed by atoms with Gasteiger partial charge in [0.2, 0.25) is 0 Å². The summed E-state index contributed by atoms with van der Waals surface area (Å²) in [7, 11) is 0. The zero-order valence-electron chi connectivity index (χ0n) is 41.9. The van der Waals surface area contributed by atoms with Gasteiger partial charge in [0.25, 0.3) is 0 Å². The Morgan fingerprint density at radius 1 is 0.195 bits per heavy atom. The van der Waals surface area contributed by atoms with Crippen LogP contribution in [0.4, 0.5) is 0 Å². The summed E-state index contributed by atoms with van der Waals surface area (Å²) in [4.78, 5) is 0. The highest BCUT2D eigenvalue weighted by atomic mass is 16.8. The van der Waals surface area contributed by atoms with Crippen LogP contribution in [0.3, 0.4) is 0 Å². The van der Waals surface area contributed by atoms with Gasteiger partial charge < -0.3 is 158 Å². The van der Waals surface area contributed by atoms with Gasteiger partial charge in [-0.15, -0.1) is 0 Å². The molecular formula is C45H76O32. The van der Waals surface area contributed by atoms with Crippen LogP contribution in [0.2, 0.25) is 0 Å². The topological polar surface area (TPSA) is 493 Å². The molecule has 18 N–H and O–H groups in total. The highest BCUT2D eigenvalue weighted by molar-refractivity contribution is 5.01. The van der Waals surface area contributed by atoms with Gasteiger partial charge >= 0.3 is 0 Å². The molecular weight excluding hydrogens is 1050 g/mol. The summed E-state index contributed by atoms with van der Waals surface area (Å²) in [6.07, 6.45) is -63.7. The van der Waals surface area contributed by atoms with Gasteiger partial charge in [-0.2, -0.15) is 0 Å². The van der Waals surface area contributed by atoms with E-state index in [4.69, 9.17) is 66.3 Å². The SMILES string of the molecule is CC[C@H]1O[C@@H]2O[C@H]3[C@H](O)[C@@H](O)[C@@H](O[C@H]4[C@H](O)[C@@H](O)[C@@H](O[C@H]5[C@H](O)[C@@H](O)[C@@H](O[C@H]6[C@H](O)[C@@H](O)[C@@H](O[C@H]7[C@H](O)[C@@H](O)[C@@H](O[C@H]8[C@H](O)[C@@H](O)[C@@H](O[C@H]1[C@H](O)[C@H]2O)O[C@@H]8CC)O[C@@H]7CO)O[C@@H]6CO)O[C@@H]5CO)O[C@@H]4CO)O[C@@H]3CC.